The van der Waals surface area contributed by atoms with Gasteiger partial charge in [-0.15, -0.1) is 0 Å². The van der Waals surface area contributed by atoms with E-state index in [0.29, 0.717) is 25.6 Å². The SMILES string of the molecule is CCNC(=NCC(CC)(CC)NC(=O)OC(C)(C)C)NCCNC(C)=O. The molecular weight excluding hydrogens is 334 g/mol. The number of hydrogen-bond acceptors (Lipinski definition) is 4. The summed E-state index contributed by atoms with van der Waals surface area (Å²) in [6, 6.07) is 0. The Morgan fingerprint density at radius 2 is 1.54 bits per heavy atom. The van der Waals surface area contributed by atoms with Crippen LogP contribution in [0.25, 0.3) is 0 Å². The summed E-state index contributed by atoms with van der Waals surface area (Å²) in [6.07, 6.45) is 1.04. The molecule has 0 spiro atoms. The number of rotatable bonds is 9. The second-order valence-corrected chi connectivity index (χ2v) is 7.22. The minimum absolute atomic E-state index is 0.0636. The number of hydrogen-bond donors (Lipinski definition) is 4. The lowest BCUT2D eigenvalue weighted by molar-refractivity contribution is -0.118. The van der Waals surface area contributed by atoms with Gasteiger partial charge in [-0.1, -0.05) is 13.8 Å². The Bertz CT molecular complexity index is 468. The van der Waals surface area contributed by atoms with Crippen molar-refractivity contribution in [2.75, 3.05) is 26.2 Å². The Morgan fingerprint density at radius 1 is 0.962 bits per heavy atom. The highest BCUT2D eigenvalue weighted by Crippen LogP contribution is 2.17. The normalized spacial score (nSPS) is 12.3. The maximum atomic E-state index is 12.2. The van der Waals surface area contributed by atoms with E-state index in [9.17, 15) is 9.59 Å². The van der Waals surface area contributed by atoms with Gasteiger partial charge in [0.1, 0.15) is 5.60 Å². The van der Waals surface area contributed by atoms with Crippen LogP contribution in [-0.2, 0) is 9.53 Å². The van der Waals surface area contributed by atoms with E-state index in [1.165, 1.54) is 6.92 Å². The van der Waals surface area contributed by atoms with E-state index < -0.39 is 17.2 Å². The Kier molecular flexibility index (Phi) is 10.7. The van der Waals surface area contributed by atoms with Crippen molar-refractivity contribution in [1.29, 1.82) is 0 Å². The van der Waals surface area contributed by atoms with Crippen molar-refractivity contribution in [3.8, 4) is 0 Å². The second kappa shape index (κ2) is 11.6. The summed E-state index contributed by atoms with van der Waals surface area (Å²) >= 11 is 0. The van der Waals surface area contributed by atoms with Gasteiger partial charge in [0.05, 0.1) is 12.1 Å². The Hall–Kier alpha value is -1.99. The van der Waals surface area contributed by atoms with Crippen molar-refractivity contribution < 1.29 is 14.3 Å². The zero-order valence-corrected chi connectivity index (χ0v) is 17.4. The highest BCUT2D eigenvalue weighted by Gasteiger charge is 2.30. The quantitative estimate of drug-likeness (QED) is 0.281. The molecule has 0 aliphatic rings. The minimum atomic E-state index is -0.541. The number of ether oxygens (including phenoxy) is 1. The van der Waals surface area contributed by atoms with Gasteiger partial charge in [-0.2, -0.15) is 0 Å². The summed E-state index contributed by atoms with van der Waals surface area (Å²) in [6.45, 7) is 15.3. The average molecular weight is 372 g/mol. The summed E-state index contributed by atoms with van der Waals surface area (Å²) in [4.78, 5) is 27.7. The van der Waals surface area contributed by atoms with Crippen LogP contribution >= 0.6 is 0 Å². The number of carbonyl (C=O) groups is 2. The number of aliphatic imine (C=N–C) groups is 1. The highest BCUT2D eigenvalue weighted by atomic mass is 16.6. The van der Waals surface area contributed by atoms with Crippen LogP contribution in [0.1, 0.15) is 61.3 Å². The van der Waals surface area contributed by atoms with Crippen LogP contribution in [0.3, 0.4) is 0 Å². The largest absolute Gasteiger partial charge is 0.444 e. The number of nitrogens with zero attached hydrogens (tertiary/aromatic N) is 1. The van der Waals surface area contributed by atoms with E-state index >= 15 is 0 Å². The summed E-state index contributed by atoms with van der Waals surface area (Å²) in [5.41, 5.74) is -1.01. The van der Waals surface area contributed by atoms with Crippen LogP contribution in [-0.4, -0.2) is 55.3 Å². The topological polar surface area (TPSA) is 104 Å². The molecule has 8 nitrogen and oxygen atoms in total. The van der Waals surface area contributed by atoms with Gasteiger partial charge in [0.15, 0.2) is 5.96 Å². The second-order valence-electron chi connectivity index (χ2n) is 7.22. The number of amides is 2. The standard InChI is InChI=1S/C18H37N5O3/c1-8-18(9-2,23-16(25)26-17(5,6)7)13-22-15(19-10-3)21-12-11-20-14(4)24/h8-13H2,1-7H3,(H,20,24)(H,23,25)(H2,19,21,22). The summed E-state index contributed by atoms with van der Waals surface area (Å²) < 4.78 is 5.38. The molecule has 0 aromatic carbocycles. The van der Waals surface area contributed by atoms with E-state index in [2.05, 4.69) is 26.3 Å². The zero-order chi connectivity index (χ0) is 20.2. The van der Waals surface area contributed by atoms with Gasteiger partial charge in [-0.05, 0) is 40.5 Å². The summed E-state index contributed by atoms with van der Waals surface area (Å²) in [5.74, 6) is 0.585. The number of alkyl carbamates (subject to hydrolysis) is 1. The first-order valence-electron chi connectivity index (χ1n) is 9.35. The molecule has 0 saturated heterocycles. The van der Waals surface area contributed by atoms with Gasteiger partial charge >= 0.3 is 6.09 Å². The molecule has 0 fully saturated rings. The van der Waals surface area contributed by atoms with Gasteiger partial charge < -0.3 is 26.0 Å². The molecule has 152 valence electrons. The fraction of sp³-hybridized carbons (Fsp3) is 0.833. The number of carbonyl (C=O) groups excluding carboxylic acids is 2. The smallest absolute Gasteiger partial charge is 0.408 e. The molecule has 2 amide bonds. The van der Waals surface area contributed by atoms with Crippen LogP contribution in [0.4, 0.5) is 4.79 Å². The van der Waals surface area contributed by atoms with Crippen LogP contribution in [0.15, 0.2) is 4.99 Å². The van der Waals surface area contributed by atoms with Crippen LogP contribution < -0.4 is 21.3 Å². The fourth-order valence-corrected chi connectivity index (χ4v) is 2.20. The highest BCUT2D eigenvalue weighted by molar-refractivity contribution is 5.80. The van der Waals surface area contributed by atoms with E-state index in [0.717, 1.165) is 19.4 Å². The third-order valence-electron chi connectivity index (χ3n) is 3.80. The van der Waals surface area contributed by atoms with Crippen molar-refractivity contribution in [3.63, 3.8) is 0 Å². The molecule has 0 heterocycles. The third-order valence-corrected chi connectivity index (χ3v) is 3.80. The average Bonchev–Trinajstić information content (AvgIpc) is 2.53. The number of guanidine groups is 1. The summed E-state index contributed by atoms with van der Waals surface area (Å²) in [7, 11) is 0. The lowest BCUT2D eigenvalue weighted by Crippen LogP contribution is -2.52. The maximum absolute atomic E-state index is 12.2. The molecule has 4 N–H and O–H groups in total. The lowest BCUT2D eigenvalue weighted by Gasteiger charge is -2.32. The minimum Gasteiger partial charge on any atom is -0.444 e. The molecule has 0 saturated carbocycles. The molecule has 26 heavy (non-hydrogen) atoms. The molecule has 0 aromatic rings. The van der Waals surface area contributed by atoms with E-state index in [-0.39, 0.29) is 5.91 Å². The van der Waals surface area contributed by atoms with Gasteiger partial charge in [0, 0.05) is 26.6 Å². The van der Waals surface area contributed by atoms with Gasteiger partial charge in [-0.3, -0.25) is 9.79 Å². The first-order valence-corrected chi connectivity index (χ1v) is 9.35. The van der Waals surface area contributed by atoms with Crippen molar-refractivity contribution in [1.82, 2.24) is 21.3 Å². The van der Waals surface area contributed by atoms with Gasteiger partial charge in [0.2, 0.25) is 5.91 Å². The van der Waals surface area contributed by atoms with Gasteiger partial charge in [0.25, 0.3) is 0 Å². The lowest BCUT2D eigenvalue weighted by atomic mass is 9.93. The van der Waals surface area contributed by atoms with Crippen molar-refractivity contribution >= 4 is 18.0 Å². The van der Waals surface area contributed by atoms with Crippen molar-refractivity contribution in [2.24, 2.45) is 4.99 Å². The van der Waals surface area contributed by atoms with Crippen molar-refractivity contribution in [2.45, 2.75) is 72.4 Å². The fourth-order valence-electron chi connectivity index (χ4n) is 2.20. The predicted octanol–water partition coefficient (Wildman–Crippen LogP) is 1.76. The maximum Gasteiger partial charge on any atom is 0.408 e. The first-order chi connectivity index (χ1) is 12.1. The molecular formula is C18H37N5O3. The Labute approximate surface area is 157 Å². The Balaban J connectivity index is 4.91. The molecule has 0 radical (unpaired) electrons. The van der Waals surface area contributed by atoms with Crippen LogP contribution in [0, 0.1) is 0 Å². The predicted molar refractivity (Wildman–Crippen MR) is 105 cm³/mol. The molecule has 0 bridgehead atoms. The molecule has 0 aliphatic heterocycles. The van der Waals surface area contributed by atoms with Gasteiger partial charge in [-0.25, -0.2) is 4.79 Å². The van der Waals surface area contributed by atoms with Crippen molar-refractivity contribution in [3.05, 3.63) is 0 Å². The molecule has 0 atom stereocenters. The zero-order valence-electron chi connectivity index (χ0n) is 17.4. The molecule has 0 unspecified atom stereocenters. The van der Waals surface area contributed by atoms with Crippen LogP contribution in [0.5, 0.6) is 0 Å². The molecule has 0 aliphatic carbocycles. The number of nitrogens with one attached hydrogen (secondary N) is 4. The van der Waals surface area contributed by atoms with E-state index in [1.54, 1.807) is 0 Å². The summed E-state index contributed by atoms with van der Waals surface area (Å²) in [5, 5.41) is 12.0. The monoisotopic (exact) mass is 371 g/mol. The Morgan fingerprint density at radius 3 is 2.00 bits per heavy atom. The first kappa shape index (κ1) is 24.0. The van der Waals surface area contributed by atoms with Crippen LogP contribution in [0.2, 0.25) is 0 Å². The molecule has 8 heteroatoms. The third kappa shape index (κ3) is 10.8. The molecule has 0 rings (SSSR count). The van der Waals surface area contributed by atoms with E-state index in [4.69, 9.17) is 4.74 Å². The van der Waals surface area contributed by atoms with E-state index in [1.807, 2.05) is 41.5 Å². The molecule has 0 aromatic heterocycles.